The van der Waals surface area contributed by atoms with Crippen molar-refractivity contribution in [1.82, 2.24) is 9.88 Å². The van der Waals surface area contributed by atoms with Crippen LogP contribution in [0.4, 0.5) is 0 Å². The zero-order chi connectivity index (χ0) is 23.2. The van der Waals surface area contributed by atoms with Gasteiger partial charge in [0.15, 0.2) is 5.76 Å². The van der Waals surface area contributed by atoms with Gasteiger partial charge in [-0.3, -0.25) is 4.79 Å². The molecule has 1 N–H and O–H groups in total. The Morgan fingerprint density at radius 2 is 1.94 bits per heavy atom. The van der Waals surface area contributed by atoms with Crippen LogP contribution in [0, 0.1) is 0 Å². The maximum Gasteiger partial charge on any atom is 0.290 e. The average molecular weight is 515 g/mol. The lowest BCUT2D eigenvalue weighted by Gasteiger charge is -2.35. The van der Waals surface area contributed by atoms with Gasteiger partial charge in [0.2, 0.25) is 0 Å². The summed E-state index contributed by atoms with van der Waals surface area (Å²) in [5, 5.41) is 2.12. The molecule has 6 heteroatoms. The second kappa shape index (κ2) is 8.37. The summed E-state index contributed by atoms with van der Waals surface area (Å²) < 4.78 is 12.6. The SMILES string of the molecule is CCOc1ccc([C@H]2c3[nH]c4ccccc4c3CCN2C(=O)c2cc3cc(Br)ccc3o2)cc1. The molecule has 3 heterocycles. The van der Waals surface area contributed by atoms with E-state index in [1.807, 2.05) is 66.4 Å². The van der Waals surface area contributed by atoms with Crippen LogP contribution in [0.2, 0.25) is 0 Å². The number of halogens is 1. The fourth-order valence-corrected chi connectivity index (χ4v) is 5.36. The van der Waals surface area contributed by atoms with Crippen molar-refractivity contribution in [3.8, 4) is 5.75 Å². The molecule has 0 spiro atoms. The Morgan fingerprint density at radius 1 is 1.12 bits per heavy atom. The number of para-hydroxylation sites is 1. The molecule has 1 amide bonds. The average Bonchev–Trinajstić information content (AvgIpc) is 3.45. The number of carbonyl (C=O) groups excluding carboxylic acids is 1. The predicted octanol–water partition coefficient (Wildman–Crippen LogP) is 6.86. The van der Waals surface area contributed by atoms with Crippen molar-refractivity contribution in [3.63, 3.8) is 0 Å². The quantitative estimate of drug-likeness (QED) is 0.285. The zero-order valence-electron chi connectivity index (χ0n) is 18.7. The molecule has 0 saturated carbocycles. The van der Waals surface area contributed by atoms with Crippen LogP contribution in [-0.2, 0) is 6.42 Å². The minimum Gasteiger partial charge on any atom is -0.494 e. The molecule has 0 bridgehead atoms. The highest BCUT2D eigenvalue weighted by Gasteiger charge is 2.36. The lowest BCUT2D eigenvalue weighted by molar-refractivity contribution is 0.0661. The zero-order valence-corrected chi connectivity index (χ0v) is 20.3. The molecular weight excluding hydrogens is 492 g/mol. The highest BCUT2D eigenvalue weighted by atomic mass is 79.9. The van der Waals surface area contributed by atoms with E-state index in [4.69, 9.17) is 9.15 Å². The van der Waals surface area contributed by atoms with E-state index in [0.717, 1.165) is 38.8 Å². The number of fused-ring (bicyclic) bond motifs is 4. The smallest absolute Gasteiger partial charge is 0.290 e. The summed E-state index contributed by atoms with van der Waals surface area (Å²) in [7, 11) is 0. The molecule has 1 aliphatic rings. The van der Waals surface area contributed by atoms with Crippen LogP contribution in [0.1, 0.15) is 40.3 Å². The number of hydrogen-bond acceptors (Lipinski definition) is 3. The first-order valence-electron chi connectivity index (χ1n) is 11.4. The van der Waals surface area contributed by atoms with Gasteiger partial charge in [0.05, 0.1) is 12.6 Å². The first-order chi connectivity index (χ1) is 16.6. The molecule has 1 aliphatic heterocycles. The van der Waals surface area contributed by atoms with Crippen LogP contribution < -0.4 is 4.74 Å². The molecule has 170 valence electrons. The van der Waals surface area contributed by atoms with Gasteiger partial charge in [-0.2, -0.15) is 0 Å². The van der Waals surface area contributed by atoms with Crippen molar-refractivity contribution < 1.29 is 13.9 Å². The van der Waals surface area contributed by atoms with E-state index in [2.05, 4.69) is 39.1 Å². The summed E-state index contributed by atoms with van der Waals surface area (Å²) in [6.45, 7) is 3.19. The Morgan fingerprint density at radius 3 is 2.76 bits per heavy atom. The van der Waals surface area contributed by atoms with Crippen molar-refractivity contribution in [2.24, 2.45) is 0 Å². The molecule has 5 aromatic rings. The summed E-state index contributed by atoms with van der Waals surface area (Å²) in [4.78, 5) is 19.3. The maximum absolute atomic E-state index is 13.8. The normalized spacial score (nSPS) is 15.6. The molecule has 0 fully saturated rings. The highest BCUT2D eigenvalue weighted by Crippen LogP contribution is 2.40. The largest absolute Gasteiger partial charge is 0.494 e. The van der Waals surface area contributed by atoms with Gasteiger partial charge in [-0.05, 0) is 66.9 Å². The van der Waals surface area contributed by atoms with Crippen molar-refractivity contribution >= 4 is 43.7 Å². The molecule has 2 aromatic heterocycles. The Labute approximate surface area is 205 Å². The topological polar surface area (TPSA) is 58.5 Å². The minimum absolute atomic E-state index is 0.115. The summed E-state index contributed by atoms with van der Waals surface area (Å²) in [6, 6.07) is 23.7. The van der Waals surface area contributed by atoms with Crippen LogP contribution in [0.3, 0.4) is 0 Å². The number of ether oxygens (including phenoxy) is 1. The Bertz CT molecular complexity index is 1520. The molecule has 0 aliphatic carbocycles. The lowest BCUT2D eigenvalue weighted by Crippen LogP contribution is -2.40. The molecule has 5 nitrogen and oxygen atoms in total. The van der Waals surface area contributed by atoms with Gasteiger partial charge >= 0.3 is 0 Å². The number of hydrogen-bond donors (Lipinski definition) is 1. The second-order valence-corrected chi connectivity index (χ2v) is 9.42. The molecule has 0 radical (unpaired) electrons. The Kier molecular flexibility index (Phi) is 5.18. The van der Waals surface area contributed by atoms with Gasteiger partial charge in [-0.25, -0.2) is 0 Å². The van der Waals surface area contributed by atoms with Crippen LogP contribution >= 0.6 is 15.9 Å². The van der Waals surface area contributed by atoms with Crippen LogP contribution in [0.5, 0.6) is 5.75 Å². The van der Waals surface area contributed by atoms with Crippen molar-refractivity contribution in [1.29, 1.82) is 0 Å². The first-order valence-corrected chi connectivity index (χ1v) is 12.2. The Balaban J connectivity index is 1.46. The van der Waals surface area contributed by atoms with E-state index in [1.54, 1.807) is 0 Å². The maximum atomic E-state index is 13.8. The molecule has 1 atom stereocenters. The van der Waals surface area contributed by atoms with Gasteiger partial charge in [0.1, 0.15) is 11.3 Å². The van der Waals surface area contributed by atoms with E-state index < -0.39 is 0 Å². The summed E-state index contributed by atoms with van der Waals surface area (Å²) in [5.74, 6) is 1.05. The lowest BCUT2D eigenvalue weighted by atomic mass is 9.92. The van der Waals surface area contributed by atoms with Gasteiger partial charge in [-0.15, -0.1) is 0 Å². The second-order valence-electron chi connectivity index (χ2n) is 8.51. The van der Waals surface area contributed by atoms with Crippen LogP contribution in [0.15, 0.2) is 81.7 Å². The first kappa shape index (κ1) is 21.1. The van der Waals surface area contributed by atoms with E-state index in [1.165, 1.54) is 10.9 Å². The number of aromatic amines is 1. The van der Waals surface area contributed by atoms with Crippen molar-refractivity contribution in [2.45, 2.75) is 19.4 Å². The molecule has 0 saturated heterocycles. The summed E-state index contributed by atoms with van der Waals surface area (Å²) >= 11 is 3.50. The number of nitrogens with zero attached hydrogens (tertiary/aromatic N) is 1. The molecular formula is C28H23BrN2O3. The van der Waals surface area contributed by atoms with E-state index >= 15 is 0 Å². The number of rotatable bonds is 4. The fourth-order valence-electron chi connectivity index (χ4n) is 4.98. The molecule has 3 aromatic carbocycles. The van der Waals surface area contributed by atoms with Gasteiger partial charge in [0, 0.05) is 33.0 Å². The summed E-state index contributed by atoms with van der Waals surface area (Å²) in [5.41, 5.74) is 5.15. The van der Waals surface area contributed by atoms with E-state index in [-0.39, 0.29) is 11.9 Å². The number of furan rings is 1. The van der Waals surface area contributed by atoms with Gasteiger partial charge in [0.25, 0.3) is 5.91 Å². The molecule has 34 heavy (non-hydrogen) atoms. The van der Waals surface area contributed by atoms with Crippen molar-refractivity contribution in [3.05, 3.63) is 99.9 Å². The van der Waals surface area contributed by atoms with Gasteiger partial charge in [-0.1, -0.05) is 46.3 Å². The highest BCUT2D eigenvalue weighted by molar-refractivity contribution is 9.10. The molecule has 0 unspecified atom stereocenters. The summed E-state index contributed by atoms with van der Waals surface area (Å²) in [6.07, 6.45) is 0.782. The number of nitrogens with one attached hydrogen (secondary N) is 1. The number of benzene rings is 3. The number of amides is 1. The third-order valence-corrected chi connectivity index (χ3v) is 6.98. The third kappa shape index (κ3) is 3.49. The molecule has 6 rings (SSSR count). The van der Waals surface area contributed by atoms with Crippen LogP contribution in [0.25, 0.3) is 21.9 Å². The van der Waals surface area contributed by atoms with Crippen molar-refractivity contribution in [2.75, 3.05) is 13.2 Å². The minimum atomic E-state index is -0.251. The van der Waals surface area contributed by atoms with Crippen LogP contribution in [-0.4, -0.2) is 28.9 Å². The third-order valence-electron chi connectivity index (χ3n) is 6.49. The number of carbonyl (C=O) groups is 1. The predicted molar refractivity (Wildman–Crippen MR) is 136 cm³/mol. The van der Waals surface area contributed by atoms with E-state index in [9.17, 15) is 4.79 Å². The number of aromatic nitrogens is 1. The Hall–Kier alpha value is -3.51. The van der Waals surface area contributed by atoms with E-state index in [0.29, 0.717) is 24.5 Å². The number of H-pyrrole nitrogens is 1. The van der Waals surface area contributed by atoms with Gasteiger partial charge < -0.3 is 19.0 Å². The fraction of sp³-hybridized carbons (Fsp3) is 0.179. The monoisotopic (exact) mass is 514 g/mol. The standard InChI is InChI=1S/C28H23BrN2O3/c1-2-33-20-10-7-17(8-11-20)27-26-22(21-5-3-4-6-23(21)30-26)13-14-31(27)28(32)25-16-18-15-19(29)9-12-24(18)34-25/h3-12,15-16,27,30H,2,13-14H2,1H3/t27-/m0/s1.